The van der Waals surface area contributed by atoms with Crippen molar-refractivity contribution in [3.63, 3.8) is 0 Å². The molecule has 0 radical (unpaired) electrons. The maximum absolute atomic E-state index is 9.64. The van der Waals surface area contributed by atoms with Gasteiger partial charge in [0.1, 0.15) is 0 Å². The Bertz CT molecular complexity index is 368. The van der Waals surface area contributed by atoms with Gasteiger partial charge in [-0.2, -0.15) is 0 Å². The normalized spacial score (nSPS) is 24.1. The summed E-state index contributed by atoms with van der Waals surface area (Å²) in [4.78, 5) is 2.37. The fraction of sp³-hybridized carbons (Fsp3) is 0.600. The van der Waals surface area contributed by atoms with Crippen molar-refractivity contribution < 1.29 is 5.11 Å². The number of hydrogen-bond acceptors (Lipinski definition) is 3. The SMILES string of the molecule is CNCC(C)(CN1CCC(O)C1)c1ccccc1. The number of aliphatic hydroxyl groups is 1. The van der Waals surface area contributed by atoms with E-state index in [2.05, 4.69) is 47.5 Å². The van der Waals surface area contributed by atoms with E-state index in [9.17, 15) is 5.11 Å². The van der Waals surface area contributed by atoms with Crippen LogP contribution in [0.1, 0.15) is 18.9 Å². The number of rotatable bonds is 5. The van der Waals surface area contributed by atoms with Crippen molar-refractivity contribution in [2.24, 2.45) is 0 Å². The van der Waals surface area contributed by atoms with Crippen molar-refractivity contribution in [2.45, 2.75) is 24.9 Å². The molecular formula is C15H24N2O. The molecule has 0 saturated carbocycles. The Hall–Kier alpha value is -0.900. The molecule has 1 heterocycles. The van der Waals surface area contributed by atoms with Crippen molar-refractivity contribution in [2.75, 3.05) is 33.2 Å². The van der Waals surface area contributed by atoms with Gasteiger partial charge in [0, 0.05) is 31.6 Å². The fourth-order valence-electron chi connectivity index (χ4n) is 2.93. The maximum Gasteiger partial charge on any atom is 0.0679 e. The van der Waals surface area contributed by atoms with E-state index in [-0.39, 0.29) is 11.5 Å². The average molecular weight is 248 g/mol. The minimum atomic E-state index is -0.139. The summed E-state index contributed by atoms with van der Waals surface area (Å²) in [6, 6.07) is 10.7. The molecule has 0 bridgehead atoms. The van der Waals surface area contributed by atoms with Crippen LogP contribution >= 0.6 is 0 Å². The van der Waals surface area contributed by atoms with Gasteiger partial charge in [-0.05, 0) is 19.0 Å². The topological polar surface area (TPSA) is 35.5 Å². The van der Waals surface area contributed by atoms with E-state index in [1.807, 2.05) is 7.05 Å². The number of β-amino-alcohol motifs (C(OH)–C–C–N with tert-alkyl or cyclic N) is 1. The minimum absolute atomic E-state index is 0.0973. The van der Waals surface area contributed by atoms with Crippen LogP contribution in [-0.4, -0.2) is 49.3 Å². The van der Waals surface area contributed by atoms with Crippen LogP contribution < -0.4 is 5.32 Å². The molecular weight excluding hydrogens is 224 g/mol. The lowest BCUT2D eigenvalue weighted by molar-refractivity contribution is 0.166. The van der Waals surface area contributed by atoms with Gasteiger partial charge in [-0.1, -0.05) is 37.3 Å². The minimum Gasteiger partial charge on any atom is -0.392 e. The number of nitrogens with one attached hydrogen (secondary N) is 1. The van der Waals surface area contributed by atoms with Crippen molar-refractivity contribution in [1.82, 2.24) is 10.2 Å². The monoisotopic (exact) mass is 248 g/mol. The molecule has 1 saturated heterocycles. The van der Waals surface area contributed by atoms with Gasteiger partial charge in [-0.25, -0.2) is 0 Å². The first kappa shape index (κ1) is 13.5. The molecule has 0 aliphatic carbocycles. The zero-order chi connectivity index (χ0) is 13.0. The van der Waals surface area contributed by atoms with Gasteiger partial charge in [0.05, 0.1) is 6.10 Å². The molecule has 2 rings (SSSR count). The number of aliphatic hydroxyl groups excluding tert-OH is 1. The molecule has 1 aromatic rings. The van der Waals surface area contributed by atoms with E-state index in [1.165, 1.54) is 5.56 Å². The highest BCUT2D eigenvalue weighted by atomic mass is 16.3. The van der Waals surface area contributed by atoms with Crippen molar-refractivity contribution >= 4 is 0 Å². The maximum atomic E-state index is 9.64. The summed E-state index contributed by atoms with van der Waals surface area (Å²) in [5.74, 6) is 0. The summed E-state index contributed by atoms with van der Waals surface area (Å²) >= 11 is 0. The van der Waals surface area contributed by atoms with Crippen molar-refractivity contribution in [3.05, 3.63) is 35.9 Å². The highest BCUT2D eigenvalue weighted by molar-refractivity contribution is 5.25. The largest absolute Gasteiger partial charge is 0.392 e. The lowest BCUT2D eigenvalue weighted by atomic mass is 9.82. The van der Waals surface area contributed by atoms with E-state index in [0.717, 1.165) is 32.6 Å². The van der Waals surface area contributed by atoms with E-state index in [0.29, 0.717) is 0 Å². The standard InChI is InChI=1S/C15H24N2O/c1-15(11-16-2,13-6-4-3-5-7-13)12-17-9-8-14(18)10-17/h3-7,14,16,18H,8-12H2,1-2H3. The summed E-state index contributed by atoms with van der Waals surface area (Å²) in [7, 11) is 2.00. The first-order valence-electron chi connectivity index (χ1n) is 6.74. The van der Waals surface area contributed by atoms with Crippen LogP contribution in [0.5, 0.6) is 0 Å². The van der Waals surface area contributed by atoms with Crippen LogP contribution in [0.3, 0.4) is 0 Å². The Balaban J connectivity index is 2.11. The van der Waals surface area contributed by atoms with Crippen LogP contribution in [0.2, 0.25) is 0 Å². The Labute approximate surface area is 110 Å². The van der Waals surface area contributed by atoms with Crippen LogP contribution in [0.25, 0.3) is 0 Å². The molecule has 0 spiro atoms. The molecule has 0 aromatic heterocycles. The van der Waals surface area contributed by atoms with Crippen LogP contribution in [0.15, 0.2) is 30.3 Å². The predicted octanol–water partition coefficient (Wildman–Crippen LogP) is 1.23. The number of nitrogens with zero attached hydrogens (tertiary/aromatic N) is 1. The highest BCUT2D eigenvalue weighted by Gasteiger charge is 2.31. The van der Waals surface area contributed by atoms with Gasteiger partial charge in [0.15, 0.2) is 0 Å². The Morgan fingerprint density at radius 1 is 1.39 bits per heavy atom. The molecule has 2 atom stereocenters. The molecule has 3 heteroatoms. The molecule has 0 amide bonds. The second-order valence-corrected chi connectivity index (χ2v) is 5.63. The summed E-state index contributed by atoms with van der Waals surface area (Å²) < 4.78 is 0. The number of likely N-dealkylation sites (tertiary alicyclic amines) is 1. The van der Waals surface area contributed by atoms with Crippen molar-refractivity contribution in [3.8, 4) is 0 Å². The van der Waals surface area contributed by atoms with Gasteiger partial charge in [-0.15, -0.1) is 0 Å². The van der Waals surface area contributed by atoms with Crippen LogP contribution in [0.4, 0.5) is 0 Å². The first-order chi connectivity index (χ1) is 8.64. The second-order valence-electron chi connectivity index (χ2n) is 5.63. The van der Waals surface area contributed by atoms with Gasteiger partial charge in [0.25, 0.3) is 0 Å². The molecule has 3 nitrogen and oxygen atoms in total. The smallest absolute Gasteiger partial charge is 0.0679 e. The third-order valence-corrected chi connectivity index (χ3v) is 3.86. The summed E-state index contributed by atoms with van der Waals surface area (Å²) in [5.41, 5.74) is 1.46. The highest BCUT2D eigenvalue weighted by Crippen LogP contribution is 2.26. The zero-order valence-corrected chi connectivity index (χ0v) is 11.4. The zero-order valence-electron chi connectivity index (χ0n) is 11.4. The molecule has 2 N–H and O–H groups in total. The van der Waals surface area contributed by atoms with Crippen LogP contribution in [0, 0.1) is 0 Å². The molecule has 1 fully saturated rings. The van der Waals surface area contributed by atoms with Crippen LogP contribution in [-0.2, 0) is 5.41 Å². The average Bonchev–Trinajstić information content (AvgIpc) is 2.76. The van der Waals surface area contributed by atoms with Gasteiger partial charge >= 0.3 is 0 Å². The Kier molecular flexibility index (Phi) is 4.38. The fourth-order valence-corrected chi connectivity index (χ4v) is 2.93. The second kappa shape index (κ2) is 5.83. The molecule has 1 aliphatic heterocycles. The number of likely N-dealkylation sites (N-methyl/N-ethyl adjacent to an activating group) is 1. The van der Waals surface area contributed by atoms with E-state index in [4.69, 9.17) is 0 Å². The Morgan fingerprint density at radius 3 is 2.67 bits per heavy atom. The summed E-state index contributed by atoms with van der Waals surface area (Å²) in [5, 5.41) is 12.9. The molecule has 1 aromatic carbocycles. The van der Waals surface area contributed by atoms with E-state index >= 15 is 0 Å². The van der Waals surface area contributed by atoms with Gasteiger partial charge in [-0.3, -0.25) is 4.90 Å². The summed E-state index contributed by atoms with van der Waals surface area (Å²) in [6.45, 7) is 6.06. The quantitative estimate of drug-likeness (QED) is 0.823. The number of hydrogen-bond donors (Lipinski definition) is 2. The number of benzene rings is 1. The Morgan fingerprint density at radius 2 is 2.11 bits per heavy atom. The predicted molar refractivity (Wildman–Crippen MR) is 74.8 cm³/mol. The van der Waals surface area contributed by atoms with Gasteiger partial charge < -0.3 is 10.4 Å². The third-order valence-electron chi connectivity index (χ3n) is 3.86. The van der Waals surface area contributed by atoms with Gasteiger partial charge in [0.2, 0.25) is 0 Å². The lowest BCUT2D eigenvalue weighted by Gasteiger charge is -2.34. The molecule has 2 unspecified atom stereocenters. The van der Waals surface area contributed by atoms with Crippen molar-refractivity contribution in [1.29, 1.82) is 0 Å². The molecule has 1 aliphatic rings. The molecule has 18 heavy (non-hydrogen) atoms. The first-order valence-corrected chi connectivity index (χ1v) is 6.74. The lowest BCUT2D eigenvalue weighted by Crippen LogP contribution is -2.44. The third kappa shape index (κ3) is 3.10. The molecule has 100 valence electrons. The van der Waals surface area contributed by atoms with E-state index < -0.39 is 0 Å². The van der Waals surface area contributed by atoms with E-state index in [1.54, 1.807) is 0 Å². The summed E-state index contributed by atoms with van der Waals surface area (Å²) in [6.07, 6.45) is 0.768.